The highest BCUT2D eigenvalue weighted by Gasteiger charge is 1.97. The predicted octanol–water partition coefficient (Wildman–Crippen LogP) is 0.604. The minimum absolute atomic E-state index is 0.241. The smallest absolute Gasteiger partial charge is 0.316 e. The number of halogens is 2. The number of aromatic hydroxyl groups is 1. The van der Waals surface area contributed by atoms with Crippen molar-refractivity contribution in [2.75, 3.05) is 0 Å². The van der Waals surface area contributed by atoms with Gasteiger partial charge in [0.1, 0.15) is 12.7 Å². The highest BCUT2D eigenvalue weighted by Crippen LogP contribution is 1.99. The van der Waals surface area contributed by atoms with Gasteiger partial charge in [-0.05, 0) is 6.08 Å². The average molecular weight is 249 g/mol. The van der Waals surface area contributed by atoms with E-state index in [0.717, 1.165) is 4.64 Å². The molecule has 7 nitrogen and oxygen atoms in total. The molecule has 1 aromatic rings. The first-order chi connectivity index (χ1) is 7.18. The van der Waals surface area contributed by atoms with Crippen LogP contribution in [0.3, 0.4) is 0 Å². The highest BCUT2D eigenvalue weighted by molar-refractivity contribution is 6.68. The number of hydrogen-bond donors (Lipinski definition) is 2. The maximum atomic E-state index is 8.37. The quantitative estimate of drug-likeness (QED) is 0.655. The summed E-state index contributed by atoms with van der Waals surface area (Å²) in [6.45, 7) is 0. The molecule has 0 saturated carbocycles. The Morgan fingerprint density at radius 1 is 1.33 bits per heavy atom. The summed E-state index contributed by atoms with van der Waals surface area (Å²) in [6, 6.07) is -0.241. The van der Waals surface area contributed by atoms with Gasteiger partial charge in [-0.15, -0.1) is 9.74 Å². The van der Waals surface area contributed by atoms with Gasteiger partial charge >= 0.3 is 6.01 Å². The Labute approximate surface area is 95.2 Å². The van der Waals surface area contributed by atoms with Gasteiger partial charge in [0.25, 0.3) is 0 Å². The first-order valence-electron chi connectivity index (χ1n) is 3.62. The van der Waals surface area contributed by atoms with Crippen molar-refractivity contribution in [2.24, 2.45) is 5.10 Å². The zero-order valence-electron chi connectivity index (χ0n) is 7.25. The standard InChI is InChI=1S/C3H3Cl2N3.C3H3N3O/c4-3-1-2-6-8(5)7-3;7-3-5-1-4-2-6-3/h1-2,6H;1-2H,(H,4,5,6,7). The molecule has 0 aromatic carbocycles. The van der Waals surface area contributed by atoms with Crippen molar-refractivity contribution in [1.29, 1.82) is 0 Å². The number of allylic oxidation sites excluding steroid dienone is 1. The summed E-state index contributed by atoms with van der Waals surface area (Å²) in [5.41, 5.74) is 2.56. The van der Waals surface area contributed by atoms with Crippen LogP contribution in [0.4, 0.5) is 0 Å². The van der Waals surface area contributed by atoms with Gasteiger partial charge in [0, 0.05) is 6.20 Å². The van der Waals surface area contributed by atoms with E-state index in [-0.39, 0.29) is 6.01 Å². The lowest BCUT2D eigenvalue weighted by Crippen LogP contribution is -2.22. The number of hydrazone groups is 1. The highest BCUT2D eigenvalue weighted by atomic mass is 35.5. The second kappa shape index (κ2) is 5.99. The molecule has 9 heteroatoms. The van der Waals surface area contributed by atoms with Crippen LogP contribution < -0.4 is 5.43 Å². The summed E-state index contributed by atoms with van der Waals surface area (Å²) in [5, 5.41) is 12.3. The third-order valence-corrected chi connectivity index (χ3v) is 1.44. The van der Waals surface area contributed by atoms with E-state index in [1.54, 1.807) is 12.3 Å². The second-order valence-corrected chi connectivity index (χ2v) is 2.79. The summed E-state index contributed by atoms with van der Waals surface area (Å²) in [7, 11) is 0. The molecule has 0 aliphatic carbocycles. The second-order valence-electron chi connectivity index (χ2n) is 2.08. The average Bonchev–Trinajstić information content (AvgIpc) is 2.19. The van der Waals surface area contributed by atoms with E-state index < -0.39 is 0 Å². The van der Waals surface area contributed by atoms with Crippen molar-refractivity contribution in [3.63, 3.8) is 0 Å². The molecule has 0 radical (unpaired) electrons. The zero-order chi connectivity index (χ0) is 11.1. The van der Waals surface area contributed by atoms with Gasteiger partial charge in [-0.1, -0.05) is 11.6 Å². The van der Waals surface area contributed by atoms with Crippen LogP contribution in [-0.4, -0.2) is 29.9 Å². The minimum atomic E-state index is -0.241. The largest absolute Gasteiger partial charge is 0.479 e. The molecular weight excluding hydrogens is 243 g/mol. The fraction of sp³-hybridized carbons (Fsp3) is 0. The Hall–Kier alpha value is -1.60. The molecule has 0 amide bonds. The van der Waals surface area contributed by atoms with Gasteiger partial charge in [0.05, 0.1) is 11.8 Å². The monoisotopic (exact) mass is 248 g/mol. The molecule has 0 bridgehead atoms. The number of aromatic nitrogens is 3. The fourth-order valence-corrected chi connectivity index (χ4v) is 0.862. The molecule has 0 unspecified atom stereocenters. The maximum Gasteiger partial charge on any atom is 0.316 e. The molecule has 15 heavy (non-hydrogen) atoms. The lowest BCUT2D eigenvalue weighted by molar-refractivity contribution is 0.413. The van der Waals surface area contributed by atoms with Gasteiger partial charge in [-0.3, -0.25) is 5.43 Å². The van der Waals surface area contributed by atoms with Crippen molar-refractivity contribution in [1.82, 2.24) is 25.0 Å². The van der Waals surface area contributed by atoms with Crippen LogP contribution in [0.25, 0.3) is 0 Å². The summed E-state index contributed by atoms with van der Waals surface area (Å²) in [5.74, 6) is 0. The van der Waals surface area contributed by atoms with Gasteiger partial charge < -0.3 is 5.11 Å². The molecule has 1 aliphatic rings. The van der Waals surface area contributed by atoms with Crippen LogP contribution >= 0.6 is 23.4 Å². The zero-order valence-corrected chi connectivity index (χ0v) is 8.76. The van der Waals surface area contributed by atoms with Crippen molar-refractivity contribution >= 4 is 28.5 Å². The molecule has 1 aromatic heterocycles. The molecule has 0 atom stereocenters. The normalized spacial score (nSPS) is 13.5. The molecule has 2 heterocycles. The summed E-state index contributed by atoms with van der Waals surface area (Å²) in [6.07, 6.45) is 5.63. The van der Waals surface area contributed by atoms with E-state index >= 15 is 0 Å². The third-order valence-electron chi connectivity index (χ3n) is 1.07. The van der Waals surface area contributed by atoms with E-state index in [9.17, 15) is 0 Å². The van der Waals surface area contributed by atoms with E-state index in [1.807, 2.05) is 0 Å². The van der Waals surface area contributed by atoms with Crippen LogP contribution in [0.2, 0.25) is 0 Å². The van der Waals surface area contributed by atoms with E-state index in [0.29, 0.717) is 5.17 Å². The first-order valence-corrected chi connectivity index (χ1v) is 4.34. The summed E-state index contributed by atoms with van der Waals surface area (Å²) < 4.78 is 1.00. The maximum absolute atomic E-state index is 8.37. The molecule has 2 N–H and O–H groups in total. The number of rotatable bonds is 0. The minimum Gasteiger partial charge on any atom is -0.479 e. The molecule has 0 fully saturated rings. The lowest BCUT2D eigenvalue weighted by Gasteiger charge is -2.10. The van der Waals surface area contributed by atoms with Gasteiger partial charge in [0.15, 0.2) is 5.17 Å². The summed E-state index contributed by atoms with van der Waals surface area (Å²) in [4.78, 5) is 10.1. The predicted molar refractivity (Wildman–Crippen MR) is 54.7 cm³/mol. The van der Waals surface area contributed by atoms with E-state index in [2.05, 4.69) is 25.5 Å². The molecule has 0 saturated heterocycles. The van der Waals surface area contributed by atoms with E-state index in [4.69, 9.17) is 28.5 Å². The van der Waals surface area contributed by atoms with Crippen molar-refractivity contribution in [3.8, 4) is 6.01 Å². The topological polar surface area (TPSA) is 86.5 Å². The first kappa shape index (κ1) is 11.5. The van der Waals surface area contributed by atoms with Gasteiger partial charge in [0.2, 0.25) is 0 Å². The van der Waals surface area contributed by atoms with Gasteiger partial charge in [-0.2, -0.15) is 9.97 Å². The Kier molecular flexibility index (Phi) is 4.58. The van der Waals surface area contributed by atoms with Crippen LogP contribution in [-0.2, 0) is 0 Å². The van der Waals surface area contributed by atoms with Crippen molar-refractivity contribution in [2.45, 2.75) is 0 Å². The number of nitrogens with zero attached hydrogens (tertiary/aromatic N) is 5. The summed E-state index contributed by atoms with van der Waals surface area (Å²) >= 11 is 10.7. The third kappa shape index (κ3) is 4.99. The Bertz CT molecular complexity index is 356. The lowest BCUT2D eigenvalue weighted by atomic mass is 10.6. The number of hydrogen-bond acceptors (Lipinski definition) is 7. The SMILES string of the molecule is ClC1=NN(Cl)NC=C1.Oc1ncncn1. The van der Waals surface area contributed by atoms with Gasteiger partial charge in [-0.25, -0.2) is 4.98 Å². The Balaban J connectivity index is 0.000000151. The van der Waals surface area contributed by atoms with Crippen LogP contribution in [0.15, 0.2) is 30.0 Å². The Morgan fingerprint density at radius 3 is 2.33 bits per heavy atom. The fourth-order valence-electron chi connectivity index (χ4n) is 0.547. The Morgan fingerprint density at radius 2 is 2.00 bits per heavy atom. The van der Waals surface area contributed by atoms with Crippen LogP contribution in [0, 0.1) is 0 Å². The molecule has 0 spiro atoms. The molecule has 1 aliphatic heterocycles. The van der Waals surface area contributed by atoms with E-state index in [1.165, 1.54) is 12.7 Å². The van der Waals surface area contributed by atoms with Crippen LogP contribution in [0.5, 0.6) is 6.01 Å². The molecule has 80 valence electrons. The number of hydrazine groups is 1. The molecule has 2 rings (SSSR count). The molecular formula is C6H6Cl2N6O. The van der Waals surface area contributed by atoms with Crippen molar-refractivity contribution in [3.05, 3.63) is 24.9 Å². The van der Waals surface area contributed by atoms with Crippen molar-refractivity contribution < 1.29 is 5.11 Å². The van der Waals surface area contributed by atoms with Crippen LogP contribution in [0.1, 0.15) is 0 Å². The number of nitrogens with one attached hydrogen (secondary N) is 1.